The summed E-state index contributed by atoms with van der Waals surface area (Å²) in [6.45, 7) is 4.53. The van der Waals surface area contributed by atoms with Crippen LogP contribution in [0.5, 0.6) is 11.5 Å². The van der Waals surface area contributed by atoms with Gasteiger partial charge in [-0.15, -0.1) is 0 Å². The Balaban J connectivity index is 1.17. The number of amides is 2. The van der Waals surface area contributed by atoms with Gasteiger partial charge in [0.15, 0.2) is 11.5 Å². The Hall–Kier alpha value is -2.58. The van der Waals surface area contributed by atoms with Gasteiger partial charge in [-0.2, -0.15) is 11.3 Å². The number of hydrogen-bond donors (Lipinski definition) is 1. The lowest BCUT2D eigenvalue weighted by atomic mass is 10.2. The first-order valence-electron chi connectivity index (χ1n) is 9.41. The third-order valence-electron chi connectivity index (χ3n) is 4.96. The molecule has 4 rings (SSSR count). The maximum atomic E-state index is 12.4. The number of para-hydroxylation sites is 2. The van der Waals surface area contributed by atoms with Crippen LogP contribution in [-0.4, -0.2) is 73.6 Å². The zero-order chi connectivity index (χ0) is 19.3. The zero-order valence-corrected chi connectivity index (χ0v) is 16.3. The molecule has 1 unspecified atom stereocenters. The average molecular weight is 401 g/mol. The fourth-order valence-electron chi connectivity index (χ4n) is 3.34. The summed E-state index contributed by atoms with van der Waals surface area (Å²) in [6, 6.07) is 9.21. The molecular weight excluding hydrogens is 378 g/mol. The summed E-state index contributed by atoms with van der Waals surface area (Å²) < 4.78 is 11.3. The van der Waals surface area contributed by atoms with E-state index in [2.05, 4.69) is 10.2 Å². The van der Waals surface area contributed by atoms with Crippen LogP contribution in [0.25, 0.3) is 0 Å². The topological polar surface area (TPSA) is 71.1 Å². The van der Waals surface area contributed by atoms with E-state index in [0.717, 1.165) is 25.2 Å². The first kappa shape index (κ1) is 18.8. The van der Waals surface area contributed by atoms with Crippen molar-refractivity contribution in [2.24, 2.45) is 0 Å². The molecule has 0 radical (unpaired) electrons. The molecule has 2 aromatic rings. The summed E-state index contributed by atoms with van der Waals surface area (Å²) in [6.07, 6.45) is -0.630. The van der Waals surface area contributed by atoms with Crippen LogP contribution in [-0.2, 0) is 4.79 Å². The smallest absolute Gasteiger partial charge is 0.264 e. The number of rotatable bonds is 5. The summed E-state index contributed by atoms with van der Waals surface area (Å²) in [5, 5.41) is 6.73. The molecule has 1 atom stereocenters. The van der Waals surface area contributed by atoms with E-state index in [0.29, 0.717) is 31.1 Å². The molecule has 1 saturated heterocycles. The fraction of sp³-hybridized carbons (Fsp3) is 0.400. The standard InChI is InChI=1S/C20H23N3O4S/c24-19(18-13-26-16-3-1-2-4-17(16)27-18)21-6-7-22-8-10-23(11-9-22)20(25)15-5-12-28-14-15/h1-5,12,14,18H,6-11,13H2,(H,21,24). The normalized spacial score (nSPS) is 19.3. The number of nitrogens with one attached hydrogen (secondary N) is 1. The molecule has 7 nitrogen and oxygen atoms in total. The minimum Gasteiger partial charge on any atom is -0.485 e. The lowest BCUT2D eigenvalue weighted by Crippen LogP contribution is -2.51. The van der Waals surface area contributed by atoms with Gasteiger partial charge in [0.2, 0.25) is 6.10 Å². The van der Waals surface area contributed by atoms with Crippen LogP contribution in [0, 0.1) is 0 Å². The molecule has 0 aliphatic carbocycles. The summed E-state index contributed by atoms with van der Waals surface area (Å²) in [7, 11) is 0. The van der Waals surface area contributed by atoms with Crippen molar-refractivity contribution in [3.8, 4) is 11.5 Å². The summed E-state index contributed by atoms with van der Waals surface area (Å²) >= 11 is 1.54. The second-order valence-corrected chi connectivity index (χ2v) is 7.58. The minimum absolute atomic E-state index is 0.101. The predicted molar refractivity (Wildman–Crippen MR) is 106 cm³/mol. The molecule has 1 fully saturated rings. The van der Waals surface area contributed by atoms with Crippen LogP contribution < -0.4 is 14.8 Å². The second-order valence-electron chi connectivity index (χ2n) is 6.80. The molecule has 3 heterocycles. The van der Waals surface area contributed by atoms with E-state index in [9.17, 15) is 9.59 Å². The van der Waals surface area contributed by atoms with Gasteiger partial charge in [0, 0.05) is 44.6 Å². The Morgan fingerprint density at radius 3 is 2.64 bits per heavy atom. The molecule has 1 N–H and O–H groups in total. The Morgan fingerprint density at radius 1 is 1.11 bits per heavy atom. The average Bonchev–Trinajstić information content (AvgIpc) is 3.28. The third-order valence-corrected chi connectivity index (χ3v) is 5.64. The summed E-state index contributed by atoms with van der Waals surface area (Å²) in [5.41, 5.74) is 0.766. The summed E-state index contributed by atoms with van der Waals surface area (Å²) in [5.74, 6) is 1.20. The highest BCUT2D eigenvalue weighted by atomic mass is 32.1. The first-order valence-corrected chi connectivity index (χ1v) is 10.3. The number of hydrogen-bond acceptors (Lipinski definition) is 6. The van der Waals surface area contributed by atoms with Gasteiger partial charge in [-0.1, -0.05) is 12.1 Å². The van der Waals surface area contributed by atoms with E-state index in [1.54, 1.807) is 6.07 Å². The molecule has 2 amide bonds. The number of piperazine rings is 1. The number of nitrogens with zero attached hydrogens (tertiary/aromatic N) is 2. The van der Waals surface area contributed by atoms with E-state index in [4.69, 9.17) is 9.47 Å². The first-order chi connectivity index (χ1) is 13.7. The Bertz CT molecular complexity index is 819. The minimum atomic E-state index is -0.630. The number of ether oxygens (including phenoxy) is 2. The van der Waals surface area contributed by atoms with Crippen LogP contribution in [0.2, 0.25) is 0 Å². The third kappa shape index (κ3) is 4.28. The van der Waals surface area contributed by atoms with Gasteiger partial charge >= 0.3 is 0 Å². The van der Waals surface area contributed by atoms with Gasteiger partial charge in [-0.05, 0) is 23.6 Å². The molecule has 8 heteroatoms. The van der Waals surface area contributed by atoms with E-state index in [1.165, 1.54) is 11.3 Å². The van der Waals surface area contributed by atoms with Crippen molar-refractivity contribution in [2.75, 3.05) is 45.9 Å². The molecule has 148 valence electrons. The van der Waals surface area contributed by atoms with Crippen LogP contribution in [0.3, 0.4) is 0 Å². The van der Waals surface area contributed by atoms with Crippen molar-refractivity contribution in [1.82, 2.24) is 15.1 Å². The van der Waals surface area contributed by atoms with Crippen LogP contribution in [0.15, 0.2) is 41.1 Å². The molecule has 28 heavy (non-hydrogen) atoms. The highest BCUT2D eigenvalue weighted by molar-refractivity contribution is 7.08. The summed E-state index contributed by atoms with van der Waals surface area (Å²) in [4.78, 5) is 28.8. The van der Waals surface area contributed by atoms with Gasteiger partial charge in [0.05, 0.1) is 5.56 Å². The maximum Gasteiger partial charge on any atom is 0.264 e. The lowest BCUT2D eigenvalue weighted by molar-refractivity contribution is -0.130. The van der Waals surface area contributed by atoms with Crippen molar-refractivity contribution >= 4 is 23.2 Å². The lowest BCUT2D eigenvalue weighted by Gasteiger charge is -2.34. The number of benzene rings is 1. The van der Waals surface area contributed by atoms with E-state index in [-0.39, 0.29) is 18.4 Å². The Labute approximate surface area is 167 Å². The van der Waals surface area contributed by atoms with Crippen LogP contribution in [0.1, 0.15) is 10.4 Å². The van der Waals surface area contributed by atoms with Gasteiger partial charge < -0.3 is 19.7 Å². The Morgan fingerprint density at radius 2 is 1.89 bits per heavy atom. The SMILES string of the molecule is O=C(NCCN1CCN(C(=O)c2ccsc2)CC1)C1COc2ccccc2O1. The largest absolute Gasteiger partial charge is 0.485 e. The Kier molecular flexibility index (Phi) is 5.78. The van der Waals surface area contributed by atoms with Crippen molar-refractivity contribution in [1.29, 1.82) is 0 Å². The number of fused-ring (bicyclic) bond motifs is 1. The molecule has 1 aromatic heterocycles. The maximum absolute atomic E-state index is 12.4. The second kappa shape index (κ2) is 8.62. The zero-order valence-electron chi connectivity index (χ0n) is 15.5. The van der Waals surface area contributed by atoms with Crippen molar-refractivity contribution in [3.63, 3.8) is 0 Å². The molecule has 2 aliphatic rings. The molecule has 2 aliphatic heterocycles. The molecular formula is C20H23N3O4S. The van der Waals surface area contributed by atoms with Crippen LogP contribution >= 0.6 is 11.3 Å². The van der Waals surface area contributed by atoms with E-state index in [1.807, 2.05) is 39.9 Å². The number of thiophene rings is 1. The monoisotopic (exact) mass is 401 g/mol. The number of carbonyl (C=O) groups excluding carboxylic acids is 2. The van der Waals surface area contributed by atoms with Crippen molar-refractivity contribution in [2.45, 2.75) is 6.10 Å². The van der Waals surface area contributed by atoms with Gasteiger partial charge in [0.25, 0.3) is 11.8 Å². The highest BCUT2D eigenvalue weighted by Crippen LogP contribution is 2.30. The van der Waals surface area contributed by atoms with E-state index < -0.39 is 6.10 Å². The highest BCUT2D eigenvalue weighted by Gasteiger charge is 2.27. The fourth-order valence-corrected chi connectivity index (χ4v) is 3.97. The quantitative estimate of drug-likeness (QED) is 0.822. The number of carbonyl (C=O) groups is 2. The van der Waals surface area contributed by atoms with Crippen molar-refractivity contribution in [3.05, 3.63) is 46.7 Å². The van der Waals surface area contributed by atoms with Crippen LogP contribution in [0.4, 0.5) is 0 Å². The van der Waals surface area contributed by atoms with Gasteiger partial charge in [0.1, 0.15) is 6.61 Å². The van der Waals surface area contributed by atoms with Crippen molar-refractivity contribution < 1.29 is 19.1 Å². The van der Waals surface area contributed by atoms with Gasteiger partial charge in [-0.25, -0.2) is 0 Å². The molecule has 1 aromatic carbocycles. The molecule has 0 saturated carbocycles. The molecule has 0 bridgehead atoms. The van der Waals surface area contributed by atoms with E-state index >= 15 is 0 Å². The van der Waals surface area contributed by atoms with Gasteiger partial charge in [-0.3, -0.25) is 14.5 Å². The predicted octanol–water partition coefficient (Wildman–Crippen LogP) is 1.46. The molecule has 0 spiro atoms.